The topological polar surface area (TPSA) is 64.2 Å². The van der Waals surface area contributed by atoms with Gasteiger partial charge in [0.15, 0.2) is 0 Å². The molecule has 100 valence electrons. The number of piperidine rings is 1. The molecule has 1 aromatic heterocycles. The Labute approximate surface area is 108 Å². The molecule has 2 atom stereocenters. The summed E-state index contributed by atoms with van der Waals surface area (Å²) in [7, 11) is 0. The zero-order chi connectivity index (χ0) is 13.1. The van der Waals surface area contributed by atoms with Crippen LogP contribution in [0.25, 0.3) is 0 Å². The molecule has 1 aliphatic heterocycles. The van der Waals surface area contributed by atoms with Crippen LogP contribution in [0.3, 0.4) is 0 Å². The van der Waals surface area contributed by atoms with Crippen LogP contribution in [0.5, 0.6) is 0 Å². The van der Waals surface area contributed by atoms with Crippen molar-refractivity contribution in [3.8, 4) is 0 Å². The van der Waals surface area contributed by atoms with Crippen molar-refractivity contribution in [2.24, 2.45) is 11.7 Å². The van der Waals surface area contributed by atoms with Crippen LogP contribution in [-0.2, 0) is 6.54 Å². The van der Waals surface area contributed by atoms with Crippen LogP contribution in [0.15, 0.2) is 17.1 Å². The third-order valence-corrected chi connectivity index (χ3v) is 3.34. The number of aromatic nitrogens is 2. The van der Waals surface area contributed by atoms with Gasteiger partial charge in [0.05, 0.1) is 18.4 Å². The Bertz CT molecular complexity index is 455. The monoisotopic (exact) mass is 250 g/mol. The summed E-state index contributed by atoms with van der Waals surface area (Å²) in [4.78, 5) is 14.2. The third kappa shape index (κ3) is 3.10. The van der Waals surface area contributed by atoms with Gasteiger partial charge >= 0.3 is 0 Å². The fourth-order valence-electron chi connectivity index (χ4n) is 2.43. The molecule has 0 radical (unpaired) electrons. The summed E-state index contributed by atoms with van der Waals surface area (Å²) in [5, 5.41) is 4.20. The van der Waals surface area contributed by atoms with Gasteiger partial charge < -0.3 is 10.6 Å². The summed E-state index contributed by atoms with van der Waals surface area (Å²) in [6.45, 7) is 6.61. The second-order valence-corrected chi connectivity index (χ2v) is 5.40. The van der Waals surface area contributed by atoms with Crippen molar-refractivity contribution >= 4 is 5.69 Å². The Morgan fingerprint density at radius 1 is 1.61 bits per heavy atom. The molecule has 1 aromatic rings. The normalized spacial score (nSPS) is 21.9. The molecule has 1 saturated heterocycles. The van der Waals surface area contributed by atoms with Crippen LogP contribution in [0.1, 0.15) is 26.7 Å². The minimum Gasteiger partial charge on any atom is -0.370 e. The number of hydrogen-bond donors (Lipinski definition) is 1. The molecule has 5 heteroatoms. The number of nitrogens with two attached hydrogens (primary N) is 1. The van der Waals surface area contributed by atoms with E-state index in [2.05, 4.69) is 16.9 Å². The van der Waals surface area contributed by atoms with Crippen molar-refractivity contribution in [2.75, 3.05) is 18.0 Å². The average molecular weight is 250 g/mol. The smallest absolute Gasteiger partial charge is 0.268 e. The molecule has 0 spiro atoms. The van der Waals surface area contributed by atoms with E-state index in [1.165, 1.54) is 17.5 Å². The van der Waals surface area contributed by atoms with Gasteiger partial charge in [-0.15, -0.1) is 0 Å². The first-order valence-electron chi connectivity index (χ1n) is 6.64. The molecule has 2 unspecified atom stereocenters. The summed E-state index contributed by atoms with van der Waals surface area (Å²) < 4.78 is 1.43. The highest BCUT2D eigenvalue weighted by Gasteiger charge is 2.17. The predicted octanol–water partition coefficient (Wildman–Crippen LogP) is 0.827. The third-order valence-electron chi connectivity index (χ3n) is 3.34. The lowest BCUT2D eigenvalue weighted by molar-refractivity contribution is 0.444. The van der Waals surface area contributed by atoms with Gasteiger partial charge in [-0.2, -0.15) is 5.10 Å². The van der Waals surface area contributed by atoms with Gasteiger partial charge in [0.2, 0.25) is 0 Å². The maximum Gasteiger partial charge on any atom is 0.268 e. The van der Waals surface area contributed by atoms with Crippen molar-refractivity contribution in [2.45, 2.75) is 39.3 Å². The Kier molecular flexibility index (Phi) is 4.01. The summed E-state index contributed by atoms with van der Waals surface area (Å²) in [6.07, 6.45) is 4.23. The van der Waals surface area contributed by atoms with Crippen molar-refractivity contribution in [1.29, 1.82) is 0 Å². The van der Waals surface area contributed by atoms with Gasteiger partial charge in [-0.05, 0) is 25.7 Å². The molecule has 0 aromatic carbocycles. The highest BCUT2D eigenvalue weighted by atomic mass is 16.1. The lowest BCUT2D eigenvalue weighted by Crippen LogP contribution is -2.36. The molecule has 0 saturated carbocycles. The fraction of sp³-hybridized carbons (Fsp3) is 0.692. The average Bonchev–Trinajstić information content (AvgIpc) is 2.31. The van der Waals surface area contributed by atoms with Crippen LogP contribution < -0.4 is 16.2 Å². The van der Waals surface area contributed by atoms with Crippen molar-refractivity contribution in [3.63, 3.8) is 0 Å². The number of anilines is 1. The van der Waals surface area contributed by atoms with Crippen molar-refractivity contribution < 1.29 is 0 Å². The van der Waals surface area contributed by atoms with E-state index in [4.69, 9.17) is 5.73 Å². The van der Waals surface area contributed by atoms with Crippen molar-refractivity contribution in [3.05, 3.63) is 22.6 Å². The molecule has 2 N–H and O–H groups in total. The first-order valence-corrected chi connectivity index (χ1v) is 6.64. The summed E-state index contributed by atoms with van der Waals surface area (Å²) in [5.41, 5.74) is 6.55. The van der Waals surface area contributed by atoms with E-state index in [9.17, 15) is 4.79 Å². The second-order valence-electron chi connectivity index (χ2n) is 5.40. The molecule has 5 nitrogen and oxygen atoms in total. The van der Waals surface area contributed by atoms with Gasteiger partial charge in [-0.1, -0.05) is 6.92 Å². The van der Waals surface area contributed by atoms with E-state index in [0.29, 0.717) is 12.5 Å². The maximum absolute atomic E-state index is 11.9. The molecule has 2 rings (SSSR count). The van der Waals surface area contributed by atoms with Gasteiger partial charge in [-0.3, -0.25) is 4.79 Å². The Balaban J connectivity index is 2.15. The van der Waals surface area contributed by atoms with E-state index in [1.54, 1.807) is 12.3 Å². The van der Waals surface area contributed by atoms with Crippen LogP contribution in [0.2, 0.25) is 0 Å². The zero-order valence-electron chi connectivity index (χ0n) is 11.2. The largest absolute Gasteiger partial charge is 0.370 e. The molecule has 1 fully saturated rings. The molecule has 1 aliphatic rings. The maximum atomic E-state index is 11.9. The summed E-state index contributed by atoms with van der Waals surface area (Å²) >= 11 is 0. The van der Waals surface area contributed by atoms with Gasteiger partial charge in [0, 0.05) is 25.2 Å². The summed E-state index contributed by atoms with van der Waals surface area (Å²) in [5.74, 6) is 0.685. The Hall–Kier alpha value is -1.36. The first-order chi connectivity index (χ1) is 8.56. The molecule has 0 bridgehead atoms. The predicted molar refractivity (Wildman–Crippen MR) is 72.8 cm³/mol. The van der Waals surface area contributed by atoms with Crippen LogP contribution in [-0.4, -0.2) is 28.9 Å². The van der Waals surface area contributed by atoms with E-state index in [1.807, 2.05) is 6.92 Å². The first kappa shape index (κ1) is 13.1. The van der Waals surface area contributed by atoms with Crippen LogP contribution >= 0.6 is 0 Å². The highest BCUT2D eigenvalue weighted by Crippen LogP contribution is 2.20. The fourth-order valence-corrected chi connectivity index (χ4v) is 2.43. The lowest BCUT2D eigenvalue weighted by atomic mass is 10.00. The Morgan fingerprint density at radius 3 is 3.00 bits per heavy atom. The SMILES string of the molecule is CC(N)Cn1ncc(N2CCCC(C)C2)cc1=O. The lowest BCUT2D eigenvalue weighted by Gasteiger charge is -2.32. The number of nitrogens with zero attached hydrogens (tertiary/aromatic N) is 3. The van der Waals surface area contributed by atoms with Gasteiger partial charge in [-0.25, -0.2) is 4.68 Å². The van der Waals surface area contributed by atoms with E-state index in [0.717, 1.165) is 18.8 Å². The molecule has 0 amide bonds. The second kappa shape index (κ2) is 5.52. The van der Waals surface area contributed by atoms with E-state index < -0.39 is 0 Å². The molecular formula is C13H22N4O. The number of rotatable bonds is 3. The minimum atomic E-state index is -0.0666. The van der Waals surface area contributed by atoms with Crippen LogP contribution in [0.4, 0.5) is 5.69 Å². The summed E-state index contributed by atoms with van der Waals surface area (Å²) in [6, 6.07) is 1.61. The van der Waals surface area contributed by atoms with E-state index in [-0.39, 0.29) is 11.6 Å². The minimum absolute atomic E-state index is 0.0592. The number of hydrogen-bond acceptors (Lipinski definition) is 4. The standard InChI is InChI=1S/C13H22N4O/c1-10-4-3-5-16(8-10)12-6-13(18)17(15-7-12)9-11(2)14/h6-7,10-11H,3-5,8-9,14H2,1-2H3. The van der Waals surface area contributed by atoms with Gasteiger partial charge in [0.25, 0.3) is 5.56 Å². The quantitative estimate of drug-likeness (QED) is 0.863. The zero-order valence-corrected chi connectivity index (χ0v) is 11.2. The molecular weight excluding hydrogens is 228 g/mol. The molecule has 0 aliphatic carbocycles. The van der Waals surface area contributed by atoms with Gasteiger partial charge in [0.1, 0.15) is 0 Å². The molecule has 2 heterocycles. The van der Waals surface area contributed by atoms with E-state index >= 15 is 0 Å². The van der Waals surface area contributed by atoms with Crippen LogP contribution in [0, 0.1) is 5.92 Å². The highest BCUT2D eigenvalue weighted by molar-refractivity contribution is 5.43. The molecule has 18 heavy (non-hydrogen) atoms. The Morgan fingerprint density at radius 2 is 2.39 bits per heavy atom. The van der Waals surface area contributed by atoms with Crippen molar-refractivity contribution in [1.82, 2.24) is 9.78 Å².